The highest BCUT2D eigenvalue weighted by Gasteiger charge is 2.14. The van der Waals surface area contributed by atoms with E-state index >= 15 is 0 Å². The fraction of sp³-hybridized carbons (Fsp3) is 0.545. The van der Waals surface area contributed by atoms with Crippen molar-refractivity contribution in [2.45, 2.75) is 25.9 Å². The summed E-state index contributed by atoms with van der Waals surface area (Å²) in [7, 11) is 0. The lowest BCUT2D eigenvalue weighted by Crippen LogP contribution is -2.34. The normalized spacial score (nSPS) is 17.7. The number of halogens is 1. The van der Waals surface area contributed by atoms with Crippen LogP contribution in [0.1, 0.15) is 18.5 Å². The van der Waals surface area contributed by atoms with E-state index in [-0.39, 0.29) is 0 Å². The molecule has 0 radical (unpaired) electrons. The number of hydrogen-bond acceptors (Lipinski definition) is 3. The molecule has 0 saturated carbocycles. The van der Waals surface area contributed by atoms with Crippen molar-refractivity contribution in [2.24, 2.45) is 0 Å². The first kappa shape index (κ1) is 10.7. The van der Waals surface area contributed by atoms with Crippen LogP contribution in [0.5, 0.6) is 5.75 Å². The Labute approximate surface area is 94.8 Å². The minimum Gasteiger partial charge on any atom is -0.490 e. The zero-order chi connectivity index (χ0) is 10.7. The van der Waals surface area contributed by atoms with Crippen molar-refractivity contribution in [2.75, 3.05) is 13.1 Å². The van der Waals surface area contributed by atoms with Gasteiger partial charge < -0.3 is 10.1 Å². The van der Waals surface area contributed by atoms with Gasteiger partial charge in [-0.25, -0.2) is 4.98 Å². The van der Waals surface area contributed by atoms with Crippen molar-refractivity contribution in [3.8, 4) is 5.75 Å². The van der Waals surface area contributed by atoms with Crippen LogP contribution in [0, 0.1) is 6.92 Å². The minimum atomic E-state index is 0.309. The lowest BCUT2D eigenvalue weighted by Gasteiger charge is -2.23. The molecule has 0 amide bonds. The van der Waals surface area contributed by atoms with Crippen LogP contribution in [0.15, 0.2) is 12.1 Å². The fourth-order valence-electron chi connectivity index (χ4n) is 1.77. The highest BCUT2D eigenvalue weighted by Crippen LogP contribution is 2.20. The van der Waals surface area contributed by atoms with Gasteiger partial charge in [0.1, 0.15) is 17.0 Å². The summed E-state index contributed by atoms with van der Waals surface area (Å²) in [4.78, 5) is 4.10. The summed E-state index contributed by atoms with van der Waals surface area (Å²) in [6.45, 7) is 3.98. The van der Waals surface area contributed by atoms with E-state index in [0.717, 1.165) is 37.4 Å². The summed E-state index contributed by atoms with van der Waals surface area (Å²) in [5.41, 5.74) is 0.895. The molecular formula is C11H15ClN2O. The first-order valence-corrected chi connectivity index (χ1v) is 5.63. The van der Waals surface area contributed by atoms with Crippen LogP contribution in [-0.4, -0.2) is 24.2 Å². The Kier molecular flexibility index (Phi) is 3.44. The van der Waals surface area contributed by atoms with Crippen LogP contribution >= 0.6 is 11.6 Å². The molecule has 82 valence electrons. The number of pyridine rings is 1. The van der Waals surface area contributed by atoms with Crippen LogP contribution in [-0.2, 0) is 0 Å². The van der Waals surface area contributed by atoms with E-state index in [2.05, 4.69) is 10.3 Å². The van der Waals surface area contributed by atoms with Gasteiger partial charge in [0.25, 0.3) is 0 Å². The van der Waals surface area contributed by atoms with Gasteiger partial charge in [0.15, 0.2) is 0 Å². The average molecular weight is 227 g/mol. The summed E-state index contributed by atoms with van der Waals surface area (Å²) < 4.78 is 5.85. The average Bonchev–Trinajstić information content (AvgIpc) is 2.17. The lowest BCUT2D eigenvalue weighted by atomic mass is 10.1. The van der Waals surface area contributed by atoms with Crippen LogP contribution in [0.25, 0.3) is 0 Å². The zero-order valence-corrected chi connectivity index (χ0v) is 9.55. The summed E-state index contributed by atoms with van der Waals surface area (Å²) in [6, 6.07) is 3.70. The van der Waals surface area contributed by atoms with E-state index in [0.29, 0.717) is 11.3 Å². The Morgan fingerprint density at radius 3 is 2.80 bits per heavy atom. The number of piperidine rings is 1. The van der Waals surface area contributed by atoms with Crippen molar-refractivity contribution >= 4 is 11.6 Å². The molecule has 4 heteroatoms. The molecule has 2 heterocycles. The molecule has 0 spiro atoms. The van der Waals surface area contributed by atoms with Gasteiger partial charge in [-0.1, -0.05) is 11.6 Å². The Morgan fingerprint density at radius 2 is 2.13 bits per heavy atom. The van der Waals surface area contributed by atoms with Gasteiger partial charge in [-0.2, -0.15) is 0 Å². The van der Waals surface area contributed by atoms with Crippen LogP contribution in [0.3, 0.4) is 0 Å². The minimum absolute atomic E-state index is 0.309. The van der Waals surface area contributed by atoms with E-state index in [1.54, 1.807) is 6.07 Å². The number of ether oxygens (including phenoxy) is 1. The Balaban J connectivity index is 2.02. The maximum Gasteiger partial charge on any atom is 0.133 e. The van der Waals surface area contributed by atoms with Crippen molar-refractivity contribution in [1.82, 2.24) is 10.3 Å². The number of nitrogens with zero attached hydrogens (tertiary/aromatic N) is 1. The number of nitrogens with one attached hydrogen (secondary N) is 1. The fourth-order valence-corrected chi connectivity index (χ4v) is 2.01. The molecule has 0 aromatic carbocycles. The highest BCUT2D eigenvalue weighted by molar-refractivity contribution is 6.29. The Bertz CT molecular complexity index is 317. The molecule has 1 fully saturated rings. The smallest absolute Gasteiger partial charge is 0.133 e. The van der Waals surface area contributed by atoms with Crippen molar-refractivity contribution in [3.05, 3.63) is 23.0 Å². The molecule has 1 saturated heterocycles. The molecule has 15 heavy (non-hydrogen) atoms. The summed E-state index contributed by atoms with van der Waals surface area (Å²) in [5.74, 6) is 0.833. The number of aryl methyl sites for hydroxylation is 1. The van der Waals surface area contributed by atoms with E-state index in [9.17, 15) is 0 Å². The summed E-state index contributed by atoms with van der Waals surface area (Å²) in [5, 5.41) is 3.80. The topological polar surface area (TPSA) is 34.1 Å². The van der Waals surface area contributed by atoms with Gasteiger partial charge in [0.2, 0.25) is 0 Å². The molecule has 2 rings (SSSR count). The maximum absolute atomic E-state index is 5.86. The molecule has 0 atom stereocenters. The molecule has 0 bridgehead atoms. The highest BCUT2D eigenvalue weighted by atomic mass is 35.5. The molecule has 1 N–H and O–H groups in total. The monoisotopic (exact) mass is 226 g/mol. The van der Waals surface area contributed by atoms with E-state index < -0.39 is 0 Å². The zero-order valence-electron chi connectivity index (χ0n) is 8.79. The molecule has 0 unspecified atom stereocenters. The molecule has 1 aliphatic rings. The summed E-state index contributed by atoms with van der Waals surface area (Å²) in [6.07, 6.45) is 2.42. The van der Waals surface area contributed by atoms with Crippen molar-refractivity contribution in [1.29, 1.82) is 0 Å². The van der Waals surface area contributed by atoms with Gasteiger partial charge >= 0.3 is 0 Å². The van der Waals surface area contributed by atoms with Gasteiger partial charge in [-0.15, -0.1) is 0 Å². The largest absolute Gasteiger partial charge is 0.490 e. The van der Waals surface area contributed by atoms with Crippen molar-refractivity contribution < 1.29 is 4.74 Å². The second-order valence-electron chi connectivity index (χ2n) is 3.83. The SMILES string of the molecule is Cc1cc(OC2CCNCC2)cc(Cl)n1. The third kappa shape index (κ3) is 3.08. The third-order valence-electron chi connectivity index (χ3n) is 2.48. The first-order chi connectivity index (χ1) is 7.24. The van der Waals surface area contributed by atoms with Crippen LogP contribution in [0.2, 0.25) is 5.15 Å². The van der Waals surface area contributed by atoms with Gasteiger partial charge in [0.05, 0.1) is 0 Å². The predicted molar refractivity (Wildman–Crippen MR) is 60.5 cm³/mol. The van der Waals surface area contributed by atoms with Gasteiger partial charge in [-0.05, 0) is 32.9 Å². The Morgan fingerprint density at radius 1 is 1.40 bits per heavy atom. The van der Waals surface area contributed by atoms with E-state index in [4.69, 9.17) is 16.3 Å². The van der Waals surface area contributed by atoms with Crippen LogP contribution in [0.4, 0.5) is 0 Å². The molecule has 1 aromatic rings. The molecule has 0 aliphatic carbocycles. The second kappa shape index (κ2) is 4.81. The molecule has 1 aromatic heterocycles. The van der Waals surface area contributed by atoms with Crippen LogP contribution < -0.4 is 10.1 Å². The number of rotatable bonds is 2. The molecule has 1 aliphatic heterocycles. The van der Waals surface area contributed by atoms with E-state index in [1.807, 2.05) is 13.0 Å². The quantitative estimate of drug-likeness (QED) is 0.785. The van der Waals surface area contributed by atoms with Gasteiger partial charge in [0, 0.05) is 17.8 Å². The van der Waals surface area contributed by atoms with Crippen molar-refractivity contribution in [3.63, 3.8) is 0 Å². The van der Waals surface area contributed by atoms with E-state index in [1.165, 1.54) is 0 Å². The van der Waals surface area contributed by atoms with Gasteiger partial charge in [-0.3, -0.25) is 0 Å². The molecular weight excluding hydrogens is 212 g/mol. The molecule has 3 nitrogen and oxygen atoms in total. The summed E-state index contributed by atoms with van der Waals surface area (Å²) >= 11 is 5.86. The Hall–Kier alpha value is -0.800. The number of hydrogen-bond donors (Lipinski definition) is 1. The predicted octanol–water partition coefficient (Wildman–Crippen LogP) is 2.17. The third-order valence-corrected chi connectivity index (χ3v) is 2.68. The first-order valence-electron chi connectivity index (χ1n) is 5.25. The second-order valence-corrected chi connectivity index (χ2v) is 4.22. The maximum atomic E-state index is 5.86. The lowest BCUT2D eigenvalue weighted by molar-refractivity contribution is 0.162. The number of aromatic nitrogens is 1. The standard InChI is InChI=1S/C11H15ClN2O/c1-8-6-10(7-11(12)14-8)15-9-2-4-13-5-3-9/h6-7,9,13H,2-5H2,1H3.